The second-order valence-electron chi connectivity index (χ2n) is 4.64. The Hall–Kier alpha value is -1.85. The van der Waals surface area contributed by atoms with E-state index in [0.29, 0.717) is 18.8 Å². The summed E-state index contributed by atoms with van der Waals surface area (Å²) in [6.45, 7) is 2.85. The summed E-state index contributed by atoms with van der Waals surface area (Å²) in [6.07, 6.45) is 3.37. The van der Waals surface area contributed by atoms with Gasteiger partial charge in [-0.25, -0.2) is 0 Å². The molecule has 18 heavy (non-hydrogen) atoms. The molecule has 2 amide bonds. The van der Waals surface area contributed by atoms with E-state index in [2.05, 4.69) is 10.4 Å². The molecule has 0 saturated carbocycles. The Labute approximate surface area is 106 Å². The van der Waals surface area contributed by atoms with E-state index >= 15 is 0 Å². The van der Waals surface area contributed by atoms with Gasteiger partial charge in [0.05, 0.1) is 0 Å². The number of nitrogens with zero attached hydrogens (tertiary/aromatic N) is 3. The minimum absolute atomic E-state index is 0.00972. The lowest BCUT2D eigenvalue weighted by Crippen LogP contribution is -2.46. The van der Waals surface area contributed by atoms with E-state index in [-0.39, 0.29) is 17.9 Å². The lowest BCUT2D eigenvalue weighted by molar-refractivity contribution is -0.119. The zero-order chi connectivity index (χ0) is 13.1. The summed E-state index contributed by atoms with van der Waals surface area (Å²) in [4.78, 5) is 24.8. The molecular weight excluding hydrogens is 232 g/mol. The molecule has 1 aliphatic rings. The van der Waals surface area contributed by atoms with Crippen LogP contribution >= 0.6 is 0 Å². The quantitative estimate of drug-likeness (QED) is 0.813. The molecule has 2 heterocycles. The molecule has 1 N–H and O–H groups in total. The van der Waals surface area contributed by atoms with Crippen molar-refractivity contribution in [1.82, 2.24) is 20.0 Å². The molecule has 98 valence electrons. The molecule has 6 heteroatoms. The summed E-state index contributed by atoms with van der Waals surface area (Å²) in [5.74, 6) is -0.0404. The van der Waals surface area contributed by atoms with Crippen molar-refractivity contribution >= 4 is 11.8 Å². The summed E-state index contributed by atoms with van der Waals surface area (Å²) in [5, 5.41) is 7.00. The van der Waals surface area contributed by atoms with Crippen LogP contribution in [0.15, 0.2) is 12.3 Å². The molecular formula is C12H18N4O2. The molecule has 0 aliphatic carbocycles. The minimum Gasteiger partial charge on any atom is -0.353 e. The SMILES string of the molecule is CC(=O)NC1CCN(C(=O)c2ccn(C)n2)CC1. The Balaban J connectivity index is 1.90. The third-order valence-electron chi connectivity index (χ3n) is 3.12. The molecule has 0 aromatic carbocycles. The van der Waals surface area contributed by atoms with Crippen molar-refractivity contribution in [2.75, 3.05) is 13.1 Å². The van der Waals surface area contributed by atoms with E-state index in [1.807, 2.05) is 0 Å². The molecule has 1 fully saturated rings. The largest absolute Gasteiger partial charge is 0.353 e. The number of aryl methyl sites for hydroxylation is 1. The Bertz CT molecular complexity index is 447. The van der Waals surface area contributed by atoms with Gasteiger partial charge in [-0.3, -0.25) is 14.3 Å². The minimum atomic E-state index is -0.0307. The molecule has 0 bridgehead atoms. The first kappa shape index (κ1) is 12.6. The highest BCUT2D eigenvalue weighted by atomic mass is 16.2. The topological polar surface area (TPSA) is 67.2 Å². The summed E-state index contributed by atoms with van der Waals surface area (Å²) in [7, 11) is 1.79. The Kier molecular flexibility index (Phi) is 3.64. The van der Waals surface area contributed by atoms with Crippen LogP contribution in [0.4, 0.5) is 0 Å². The third-order valence-corrected chi connectivity index (χ3v) is 3.12. The van der Waals surface area contributed by atoms with E-state index in [1.54, 1.807) is 28.9 Å². The first-order chi connectivity index (χ1) is 8.56. The molecule has 0 atom stereocenters. The average molecular weight is 250 g/mol. The summed E-state index contributed by atoms with van der Waals surface area (Å²) < 4.78 is 1.62. The number of hydrogen-bond donors (Lipinski definition) is 1. The zero-order valence-corrected chi connectivity index (χ0v) is 10.7. The second-order valence-corrected chi connectivity index (χ2v) is 4.64. The van der Waals surface area contributed by atoms with E-state index in [9.17, 15) is 9.59 Å². The second kappa shape index (κ2) is 5.20. The predicted molar refractivity (Wildman–Crippen MR) is 66.0 cm³/mol. The van der Waals surface area contributed by atoms with Crippen LogP contribution in [-0.4, -0.2) is 45.6 Å². The van der Waals surface area contributed by atoms with E-state index in [1.165, 1.54) is 6.92 Å². The van der Waals surface area contributed by atoms with Gasteiger partial charge in [0.2, 0.25) is 5.91 Å². The number of likely N-dealkylation sites (tertiary alicyclic amines) is 1. The first-order valence-corrected chi connectivity index (χ1v) is 6.12. The van der Waals surface area contributed by atoms with Gasteiger partial charge in [-0.05, 0) is 18.9 Å². The van der Waals surface area contributed by atoms with Crippen molar-refractivity contribution in [3.63, 3.8) is 0 Å². The van der Waals surface area contributed by atoms with Gasteiger partial charge < -0.3 is 10.2 Å². The van der Waals surface area contributed by atoms with Gasteiger partial charge in [0.15, 0.2) is 0 Å². The van der Waals surface area contributed by atoms with Crippen LogP contribution in [0, 0.1) is 0 Å². The van der Waals surface area contributed by atoms with E-state index in [4.69, 9.17) is 0 Å². The number of hydrogen-bond acceptors (Lipinski definition) is 3. The highest BCUT2D eigenvalue weighted by molar-refractivity contribution is 5.92. The fourth-order valence-corrected chi connectivity index (χ4v) is 2.21. The average Bonchev–Trinajstić information content (AvgIpc) is 2.75. The third kappa shape index (κ3) is 2.88. The van der Waals surface area contributed by atoms with Gasteiger partial charge >= 0.3 is 0 Å². The number of carbonyl (C=O) groups is 2. The maximum absolute atomic E-state index is 12.1. The van der Waals surface area contributed by atoms with Gasteiger partial charge in [0.1, 0.15) is 5.69 Å². The number of aromatic nitrogens is 2. The zero-order valence-electron chi connectivity index (χ0n) is 10.7. The Morgan fingerprint density at radius 2 is 2.06 bits per heavy atom. The Morgan fingerprint density at radius 1 is 1.39 bits per heavy atom. The van der Waals surface area contributed by atoms with Gasteiger partial charge in [-0.1, -0.05) is 0 Å². The maximum Gasteiger partial charge on any atom is 0.274 e. The van der Waals surface area contributed by atoms with Crippen LogP contribution in [0.1, 0.15) is 30.3 Å². The normalized spacial score (nSPS) is 16.7. The lowest BCUT2D eigenvalue weighted by atomic mass is 10.0. The number of carbonyl (C=O) groups excluding carboxylic acids is 2. The molecule has 0 radical (unpaired) electrons. The van der Waals surface area contributed by atoms with Gasteiger partial charge in [0, 0.05) is 39.3 Å². The molecule has 1 aromatic heterocycles. The van der Waals surface area contributed by atoms with Crippen molar-refractivity contribution in [2.24, 2.45) is 7.05 Å². The number of piperidine rings is 1. The van der Waals surface area contributed by atoms with Crippen LogP contribution in [0.25, 0.3) is 0 Å². The van der Waals surface area contributed by atoms with Gasteiger partial charge in [0.25, 0.3) is 5.91 Å². The number of amides is 2. The molecule has 1 aromatic rings. The monoisotopic (exact) mass is 250 g/mol. The van der Waals surface area contributed by atoms with E-state index < -0.39 is 0 Å². The number of nitrogens with one attached hydrogen (secondary N) is 1. The first-order valence-electron chi connectivity index (χ1n) is 6.12. The van der Waals surface area contributed by atoms with Crippen LogP contribution < -0.4 is 5.32 Å². The molecule has 1 aliphatic heterocycles. The predicted octanol–water partition coefficient (Wildman–Crippen LogP) is 0.161. The Morgan fingerprint density at radius 3 is 2.56 bits per heavy atom. The summed E-state index contributed by atoms with van der Waals surface area (Å²) >= 11 is 0. The van der Waals surface area contributed by atoms with Gasteiger partial charge in [-0.2, -0.15) is 5.10 Å². The van der Waals surface area contributed by atoms with E-state index in [0.717, 1.165) is 12.8 Å². The standard InChI is InChI=1S/C12H18N4O2/c1-9(17)13-10-3-7-16(8-4-10)12(18)11-5-6-15(2)14-11/h5-6,10H,3-4,7-8H2,1-2H3,(H,13,17). The van der Waals surface area contributed by atoms with Crippen LogP contribution in [0.3, 0.4) is 0 Å². The molecule has 2 rings (SSSR count). The fraction of sp³-hybridized carbons (Fsp3) is 0.583. The molecule has 6 nitrogen and oxygen atoms in total. The van der Waals surface area contributed by atoms with Crippen LogP contribution in [-0.2, 0) is 11.8 Å². The molecule has 0 spiro atoms. The van der Waals surface area contributed by atoms with Crippen molar-refractivity contribution < 1.29 is 9.59 Å². The fourth-order valence-electron chi connectivity index (χ4n) is 2.21. The summed E-state index contributed by atoms with van der Waals surface area (Å²) in [5.41, 5.74) is 0.482. The maximum atomic E-state index is 12.1. The summed E-state index contributed by atoms with van der Waals surface area (Å²) in [6, 6.07) is 1.91. The van der Waals surface area contributed by atoms with Gasteiger partial charge in [-0.15, -0.1) is 0 Å². The van der Waals surface area contributed by atoms with Crippen molar-refractivity contribution in [1.29, 1.82) is 0 Å². The van der Waals surface area contributed by atoms with Crippen molar-refractivity contribution in [2.45, 2.75) is 25.8 Å². The van der Waals surface area contributed by atoms with Crippen molar-refractivity contribution in [3.05, 3.63) is 18.0 Å². The van der Waals surface area contributed by atoms with Crippen molar-refractivity contribution in [3.8, 4) is 0 Å². The molecule has 0 unspecified atom stereocenters. The van der Waals surface area contributed by atoms with Crippen LogP contribution in [0.2, 0.25) is 0 Å². The lowest BCUT2D eigenvalue weighted by Gasteiger charge is -2.31. The highest BCUT2D eigenvalue weighted by Crippen LogP contribution is 2.13. The number of rotatable bonds is 2. The smallest absolute Gasteiger partial charge is 0.274 e. The highest BCUT2D eigenvalue weighted by Gasteiger charge is 2.24. The molecule has 1 saturated heterocycles. The van der Waals surface area contributed by atoms with Crippen LogP contribution in [0.5, 0.6) is 0 Å².